The molecule has 0 amide bonds. The largest absolute Gasteiger partial charge is 0.462 e. The molecule has 0 spiro atoms. The van der Waals surface area contributed by atoms with Gasteiger partial charge in [-0.2, -0.15) is 0 Å². The average molecular weight is 461 g/mol. The van der Waals surface area contributed by atoms with Crippen LogP contribution in [0.4, 0.5) is 5.69 Å². The first kappa shape index (κ1) is 25.1. The van der Waals surface area contributed by atoms with Gasteiger partial charge in [-0.3, -0.25) is 0 Å². The Kier molecular flexibility index (Phi) is 8.63. The molecule has 12 heteroatoms. The van der Waals surface area contributed by atoms with Gasteiger partial charge in [0, 0.05) is 19.9 Å². The maximum absolute atomic E-state index is 10.7. The molecular formula is C20H31NO11. The van der Waals surface area contributed by atoms with Crippen molar-refractivity contribution in [2.45, 2.75) is 61.4 Å². The topological polar surface area (TPSA) is 183 Å². The van der Waals surface area contributed by atoms with Gasteiger partial charge < -0.3 is 59.7 Å². The zero-order chi connectivity index (χ0) is 23.4. The fourth-order valence-corrected chi connectivity index (χ4v) is 3.86. The lowest BCUT2D eigenvalue weighted by atomic mass is 9.96. The van der Waals surface area contributed by atoms with Gasteiger partial charge >= 0.3 is 0 Å². The van der Waals surface area contributed by atoms with Gasteiger partial charge in [-0.25, -0.2) is 0 Å². The first-order chi connectivity index (χ1) is 15.3. The Morgan fingerprint density at radius 2 is 1.34 bits per heavy atom. The van der Waals surface area contributed by atoms with Crippen LogP contribution in [-0.2, 0) is 23.7 Å². The van der Waals surface area contributed by atoms with Crippen LogP contribution in [0.25, 0.3) is 0 Å². The summed E-state index contributed by atoms with van der Waals surface area (Å²) in [5.74, 6) is 0.330. The summed E-state index contributed by atoms with van der Waals surface area (Å²) in [7, 11) is 2.74. The summed E-state index contributed by atoms with van der Waals surface area (Å²) in [6, 6.07) is 6.31. The van der Waals surface area contributed by atoms with Crippen LogP contribution in [0, 0.1) is 0 Å². The van der Waals surface area contributed by atoms with Crippen molar-refractivity contribution < 1.29 is 54.0 Å². The van der Waals surface area contributed by atoms with Gasteiger partial charge in [0.25, 0.3) is 0 Å². The van der Waals surface area contributed by atoms with E-state index >= 15 is 0 Å². The van der Waals surface area contributed by atoms with E-state index in [0.29, 0.717) is 11.4 Å². The van der Waals surface area contributed by atoms with Crippen LogP contribution in [0.5, 0.6) is 5.75 Å². The summed E-state index contributed by atoms with van der Waals surface area (Å²) >= 11 is 0. The molecule has 32 heavy (non-hydrogen) atoms. The number of nitrogens with two attached hydrogens (primary N) is 1. The summed E-state index contributed by atoms with van der Waals surface area (Å²) in [6.07, 6.45) is -12.2. The third kappa shape index (κ3) is 5.15. The number of aliphatic hydroxyl groups is 5. The van der Waals surface area contributed by atoms with Crippen molar-refractivity contribution in [1.29, 1.82) is 0 Å². The quantitative estimate of drug-likeness (QED) is 0.226. The molecule has 2 heterocycles. The lowest BCUT2D eigenvalue weighted by Gasteiger charge is -2.47. The Hall–Kier alpha value is -1.58. The Morgan fingerprint density at radius 1 is 0.781 bits per heavy atom. The third-order valence-electron chi connectivity index (χ3n) is 5.58. The van der Waals surface area contributed by atoms with Gasteiger partial charge in [0.15, 0.2) is 6.29 Å². The number of nitrogen functional groups attached to an aromatic ring is 1. The Labute approximate surface area is 185 Å². The number of aliphatic hydroxyl groups excluding tert-OH is 5. The van der Waals surface area contributed by atoms with Crippen LogP contribution in [-0.4, -0.2) is 114 Å². The Bertz CT molecular complexity index is 705. The van der Waals surface area contributed by atoms with Crippen LogP contribution in [0.3, 0.4) is 0 Å². The normalized spacial score (nSPS) is 40.2. The summed E-state index contributed by atoms with van der Waals surface area (Å²) < 4.78 is 33.0. The fraction of sp³-hybridized carbons (Fsp3) is 0.700. The highest BCUT2D eigenvalue weighted by Crippen LogP contribution is 2.31. The average Bonchev–Trinajstić information content (AvgIpc) is 2.80. The predicted octanol–water partition coefficient (Wildman–Crippen LogP) is -2.42. The number of hydrogen-bond donors (Lipinski definition) is 6. The number of methoxy groups -OCH3 is 2. The standard InChI is InChI=1S/C20H31NO11/c1-27-17-12(8-23)31-20(15(26)18(17)28-2)32-16-11(7-22)30-19(14(25)13(16)24)29-10-5-3-9(21)4-6-10/h3-6,11-20,22-26H,7-8,21H2,1-2H3. The minimum Gasteiger partial charge on any atom is -0.462 e. The summed E-state index contributed by atoms with van der Waals surface area (Å²) in [5.41, 5.74) is 6.15. The van der Waals surface area contributed by atoms with Crippen molar-refractivity contribution in [2.75, 3.05) is 33.2 Å². The van der Waals surface area contributed by atoms with Crippen molar-refractivity contribution in [1.82, 2.24) is 0 Å². The van der Waals surface area contributed by atoms with Gasteiger partial charge in [0.05, 0.1) is 13.2 Å². The maximum Gasteiger partial charge on any atom is 0.229 e. The Morgan fingerprint density at radius 3 is 1.91 bits per heavy atom. The number of rotatable bonds is 8. The summed E-state index contributed by atoms with van der Waals surface area (Å²) in [4.78, 5) is 0. The molecule has 2 aliphatic rings. The summed E-state index contributed by atoms with van der Waals surface area (Å²) in [5, 5.41) is 51.3. The number of ether oxygens (including phenoxy) is 6. The Balaban J connectivity index is 1.72. The zero-order valence-electron chi connectivity index (χ0n) is 17.8. The van der Waals surface area contributed by atoms with E-state index in [1.165, 1.54) is 14.2 Å². The molecular weight excluding hydrogens is 430 g/mol. The highest BCUT2D eigenvalue weighted by molar-refractivity contribution is 5.41. The molecule has 182 valence electrons. The van der Waals surface area contributed by atoms with E-state index in [1.807, 2.05) is 0 Å². The highest BCUT2D eigenvalue weighted by Gasteiger charge is 2.51. The number of hydrogen-bond acceptors (Lipinski definition) is 12. The molecule has 7 N–H and O–H groups in total. The predicted molar refractivity (Wildman–Crippen MR) is 107 cm³/mol. The first-order valence-corrected chi connectivity index (χ1v) is 10.1. The lowest BCUT2D eigenvalue weighted by molar-refractivity contribution is -0.355. The van der Waals surface area contributed by atoms with Gasteiger partial charge in [0.1, 0.15) is 54.6 Å². The van der Waals surface area contributed by atoms with Gasteiger partial charge in [-0.15, -0.1) is 0 Å². The number of benzene rings is 1. The maximum atomic E-state index is 10.7. The molecule has 1 aromatic carbocycles. The van der Waals surface area contributed by atoms with E-state index < -0.39 is 74.6 Å². The first-order valence-electron chi connectivity index (χ1n) is 10.1. The minimum atomic E-state index is -1.57. The smallest absolute Gasteiger partial charge is 0.229 e. The van der Waals surface area contributed by atoms with Crippen molar-refractivity contribution >= 4 is 5.69 Å². The molecule has 2 fully saturated rings. The van der Waals surface area contributed by atoms with Crippen molar-refractivity contribution in [3.8, 4) is 5.75 Å². The second-order valence-electron chi connectivity index (χ2n) is 7.61. The van der Waals surface area contributed by atoms with E-state index in [-0.39, 0.29) is 0 Å². The molecule has 0 bridgehead atoms. The SMILES string of the molecule is COC1C(CO)OC(OC2C(CO)OC(Oc3ccc(N)cc3)C(O)C2O)C(O)C1OC. The fourth-order valence-electron chi connectivity index (χ4n) is 3.86. The van der Waals surface area contributed by atoms with Crippen LogP contribution >= 0.6 is 0 Å². The molecule has 1 aromatic rings. The second kappa shape index (κ2) is 11.0. The van der Waals surface area contributed by atoms with E-state index in [4.69, 9.17) is 34.2 Å². The van der Waals surface area contributed by atoms with E-state index in [2.05, 4.69) is 0 Å². The molecule has 12 nitrogen and oxygen atoms in total. The minimum absolute atomic E-state index is 0.330. The molecule has 0 radical (unpaired) electrons. The third-order valence-corrected chi connectivity index (χ3v) is 5.58. The van der Waals surface area contributed by atoms with Crippen molar-refractivity contribution in [2.24, 2.45) is 0 Å². The van der Waals surface area contributed by atoms with E-state index in [1.54, 1.807) is 24.3 Å². The van der Waals surface area contributed by atoms with E-state index in [0.717, 1.165) is 0 Å². The number of anilines is 1. The molecule has 0 aliphatic carbocycles. The van der Waals surface area contributed by atoms with Crippen molar-refractivity contribution in [3.63, 3.8) is 0 Å². The second-order valence-corrected chi connectivity index (χ2v) is 7.61. The molecule has 2 saturated heterocycles. The van der Waals surface area contributed by atoms with Gasteiger partial charge in [0.2, 0.25) is 6.29 Å². The zero-order valence-corrected chi connectivity index (χ0v) is 17.8. The molecule has 0 saturated carbocycles. The highest BCUT2D eigenvalue weighted by atomic mass is 16.7. The molecule has 0 aromatic heterocycles. The summed E-state index contributed by atoms with van der Waals surface area (Å²) in [6.45, 7) is -1.03. The van der Waals surface area contributed by atoms with Gasteiger partial charge in [-0.05, 0) is 24.3 Å². The van der Waals surface area contributed by atoms with Crippen LogP contribution in [0.2, 0.25) is 0 Å². The monoisotopic (exact) mass is 461 g/mol. The van der Waals surface area contributed by atoms with E-state index in [9.17, 15) is 25.5 Å². The van der Waals surface area contributed by atoms with Crippen LogP contribution in [0.15, 0.2) is 24.3 Å². The lowest BCUT2D eigenvalue weighted by Crippen LogP contribution is -2.65. The molecule has 10 atom stereocenters. The van der Waals surface area contributed by atoms with Crippen molar-refractivity contribution in [3.05, 3.63) is 24.3 Å². The molecule has 10 unspecified atom stereocenters. The molecule has 3 rings (SSSR count). The van der Waals surface area contributed by atoms with Crippen LogP contribution in [0.1, 0.15) is 0 Å². The molecule has 2 aliphatic heterocycles. The van der Waals surface area contributed by atoms with Gasteiger partial charge in [-0.1, -0.05) is 0 Å². The van der Waals surface area contributed by atoms with Crippen LogP contribution < -0.4 is 10.5 Å².